The molecule has 118 valence electrons. The summed E-state index contributed by atoms with van der Waals surface area (Å²) in [5, 5.41) is 19.1. The Hall–Kier alpha value is -2.12. The third kappa shape index (κ3) is 4.71. The molecule has 7 heteroatoms. The minimum atomic E-state index is -0.682. The first-order chi connectivity index (χ1) is 10.6. The lowest BCUT2D eigenvalue weighted by molar-refractivity contribution is 0.173. The molecular weight excluding hydrogens is 300 g/mol. The lowest BCUT2D eigenvalue weighted by Crippen LogP contribution is -2.37. The Bertz CT molecular complexity index is 601. The molecule has 0 spiro atoms. The number of aliphatic hydroxyl groups is 1. The van der Waals surface area contributed by atoms with Gasteiger partial charge in [-0.1, -0.05) is 0 Å². The zero-order valence-electron chi connectivity index (χ0n) is 12.6. The van der Waals surface area contributed by atoms with E-state index in [9.17, 15) is 9.90 Å². The number of urea groups is 1. The van der Waals surface area contributed by atoms with Crippen LogP contribution in [0.1, 0.15) is 17.2 Å². The van der Waals surface area contributed by atoms with Gasteiger partial charge in [-0.25, -0.2) is 9.78 Å². The summed E-state index contributed by atoms with van der Waals surface area (Å²) in [6.07, 6.45) is 1.03. The standard InChI is InChI=1S/C15H20N4O2S/c1-19(2)14-7-11(3-5-16-14)8-17-15(21)18-9-13(20)12-4-6-22-10-12/h3-7,10,13,20H,8-9H2,1-2H3,(H2,17,18,21). The number of nitrogens with one attached hydrogen (secondary N) is 2. The van der Waals surface area contributed by atoms with E-state index in [4.69, 9.17) is 0 Å². The van der Waals surface area contributed by atoms with Crippen LogP contribution < -0.4 is 15.5 Å². The number of anilines is 1. The quantitative estimate of drug-likeness (QED) is 0.758. The summed E-state index contributed by atoms with van der Waals surface area (Å²) < 4.78 is 0. The van der Waals surface area contributed by atoms with Crippen molar-refractivity contribution >= 4 is 23.2 Å². The molecule has 0 aromatic carbocycles. The molecule has 0 saturated heterocycles. The van der Waals surface area contributed by atoms with E-state index in [2.05, 4.69) is 15.6 Å². The SMILES string of the molecule is CN(C)c1cc(CNC(=O)NCC(O)c2ccsc2)ccn1. The molecule has 0 radical (unpaired) electrons. The van der Waals surface area contributed by atoms with Crippen LogP contribution in [0.4, 0.5) is 10.6 Å². The second-order valence-electron chi connectivity index (χ2n) is 5.05. The number of hydrogen-bond acceptors (Lipinski definition) is 5. The molecule has 3 N–H and O–H groups in total. The first kappa shape index (κ1) is 16.3. The van der Waals surface area contributed by atoms with E-state index in [1.54, 1.807) is 6.20 Å². The largest absolute Gasteiger partial charge is 0.387 e. The molecule has 6 nitrogen and oxygen atoms in total. The smallest absolute Gasteiger partial charge is 0.315 e. The fourth-order valence-corrected chi connectivity index (χ4v) is 2.54. The van der Waals surface area contributed by atoms with Crippen LogP contribution in [0.15, 0.2) is 35.2 Å². The highest BCUT2D eigenvalue weighted by Gasteiger charge is 2.09. The molecule has 0 aliphatic rings. The minimum Gasteiger partial charge on any atom is -0.387 e. The molecule has 0 saturated carbocycles. The number of carbonyl (C=O) groups is 1. The van der Waals surface area contributed by atoms with Gasteiger partial charge in [0.2, 0.25) is 0 Å². The van der Waals surface area contributed by atoms with Crippen LogP contribution >= 0.6 is 11.3 Å². The van der Waals surface area contributed by atoms with E-state index in [0.29, 0.717) is 6.54 Å². The van der Waals surface area contributed by atoms with Crippen LogP contribution in [0, 0.1) is 0 Å². The van der Waals surface area contributed by atoms with Crippen molar-refractivity contribution in [3.05, 3.63) is 46.3 Å². The summed E-state index contributed by atoms with van der Waals surface area (Å²) in [4.78, 5) is 17.9. The monoisotopic (exact) mass is 320 g/mol. The van der Waals surface area contributed by atoms with Crippen molar-refractivity contribution in [2.75, 3.05) is 25.5 Å². The summed E-state index contributed by atoms with van der Waals surface area (Å²) in [5.41, 5.74) is 1.78. The maximum absolute atomic E-state index is 11.8. The van der Waals surface area contributed by atoms with E-state index in [1.165, 1.54) is 11.3 Å². The Morgan fingerprint density at radius 2 is 2.23 bits per heavy atom. The number of rotatable bonds is 6. The van der Waals surface area contributed by atoms with Crippen molar-refractivity contribution in [2.24, 2.45) is 0 Å². The Morgan fingerprint density at radius 1 is 1.41 bits per heavy atom. The van der Waals surface area contributed by atoms with Crippen LogP contribution in [-0.4, -0.2) is 36.8 Å². The third-order valence-corrected chi connectivity index (χ3v) is 3.81. The molecule has 22 heavy (non-hydrogen) atoms. The van der Waals surface area contributed by atoms with Gasteiger partial charge in [0.05, 0.1) is 6.10 Å². The van der Waals surface area contributed by atoms with Gasteiger partial charge in [0, 0.05) is 33.4 Å². The third-order valence-electron chi connectivity index (χ3n) is 3.11. The van der Waals surface area contributed by atoms with Crippen molar-refractivity contribution in [3.8, 4) is 0 Å². The van der Waals surface area contributed by atoms with Crippen LogP contribution in [-0.2, 0) is 6.54 Å². The van der Waals surface area contributed by atoms with Gasteiger partial charge in [0.25, 0.3) is 0 Å². The Labute approximate surface area is 133 Å². The fourth-order valence-electron chi connectivity index (χ4n) is 1.83. The number of amides is 2. The van der Waals surface area contributed by atoms with Crippen molar-refractivity contribution in [1.29, 1.82) is 0 Å². The zero-order chi connectivity index (χ0) is 15.9. The molecule has 2 aromatic heterocycles. The molecule has 0 bridgehead atoms. The van der Waals surface area contributed by atoms with Gasteiger partial charge in [0.15, 0.2) is 0 Å². The Morgan fingerprint density at radius 3 is 2.91 bits per heavy atom. The lowest BCUT2D eigenvalue weighted by atomic mass is 10.2. The van der Waals surface area contributed by atoms with E-state index in [0.717, 1.165) is 16.9 Å². The number of aliphatic hydroxyl groups excluding tert-OH is 1. The molecular formula is C15H20N4O2S. The molecule has 1 atom stereocenters. The Balaban J connectivity index is 1.77. The lowest BCUT2D eigenvalue weighted by Gasteiger charge is -2.13. The molecule has 1 unspecified atom stereocenters. The molecule has 2 rings (SSSR count). The average Bonchev–Trinajstić information content (AvgIpc) is 3.05. The number of thiophene rings is 1. The van der Waals surface area contributed by atoms with Gasteiger partial charge in [-0.15, -0.1) is 0 Å². The average molecular weight is 320 g/mol. The second-order valence-corrected chi connectivity index (χ2v) is 5.83. The predicted octanol–water partition coefficient (Wildman–Crippen LogP) is 1.74. The number of aromatic nitrogens is 1. The molecule has 0 fully saturated rings. The highest BCUT2D eigenvalue weighted by atomic mass is 32.1. The van der Waals surface area contributed by atoms with Crippen molar-refractivity contribution in [3.63, 3.8) is 0 Å². The summed E-state index contributed by atoms with van der Waals surface area (Å²) in [6, 6.07) is 5.31. The van der Waals surface area contributed by atoms with Crippen LogP contribution in [0.5, 0.6) is 0 Å². The molecule has 2 aromatic rings. The minimum absolute atomic E-state index is 0.182. The van der Waals surface area contributed by atoms with Crippen LogP contribution in [0.3, 0.4) is 0 Å². The predicted molar refractivity (Wildman–Crippen MR) is 88.1 cm³/mol. The maximum Gasteiger partial charge on any atom is 0.315 e. The fraction of sp³-hybridized carbons (Fsp3) is 0.333. The van der Waals surface area contributed by atoms with E-state index in [-0.39, 0.29) is 12.6 Å². The van der Waals surface area contributed by atoms with E-state index in [1.807, 2.05) is 48.0 Å². The first-order valence-corrected chi connectivity index (χ1v) is 7.84. The number of pyridine rings is 1. The van der Waals surface area contributed by atoms with Gasteiger partial charge < -0.3 is 20.6 Å². The topological polar surface area (TPSA) is 77.5 Å². The zero-order valence-corrected chi connectivity index (χ0v) is 13.4. The van der Waals surface area contributed by atoms with Gasteiger partial charge in [-0.3, -0.25) is 0 Å². The van der Waals surface area contributed by atoms with Crippen molar-refractivity contribution < 1.29 is 9.90 Å². The van der Waals surface area contributed by atoms with E-state index >= 15 is 0 Å². The molecule has 0 aliphatic heterocycles. The Kier molecular flexibility index (Phi) is 5.74. The van der Waals surface area contributed by atoms with Crippen molar-refractivity contribution in [1.82, 2.24) is 15.6 Å². The van der Waals surface area contributed by atoms with Gasteiger partial charge in [0.1, 0.15) is 5.82 Å². The molecule has 2 amide bonds. The molecule has 2 heterocycles. The summed E-state index contributed by atoms with van der Waals surface area (Å²) in [6.45, 7) is 0.589. The highest BCUT2D eigenvalue weighted by molar-refractivity contribution is 7.07. The number of carbonyl (C=O) groups excluding carboxylic acids is 1. The van der Waals surface area contributed by atoms with E-state index < -0.39 is 6.10 Å². The van der Waals surface area contributed by atoms with Crippen LogP contribution in [0.2, 0.25) is 0 Å². The maximum atomic E-state index is 11.8. The normalized spacial score (nSPS) is 11.8. The highest BCUT2D eigenvalue weighted by Crippen LogP contribution is 2.15. The summed E-state index contributed by atoms with van der Waals surface area (Å²) in [7, 11) is 3.83. The summed E-state index contributed by atoms with van der Waals surface area (Å²) >= 11 is 1.52. The summed E-state index contributed by atoms with van der Waals surface area (Å²) in [5.74, 6) is 0.840. The molecule has 0 aliphatic carbocycles. The van der Waals surface area contributed by atoms with Crippen LogP contribution in [0.25, 0.3) is 0 Å². The van der Waals surface area contributed by atoms with Gasteiger partial charge in [-0.2, -0.15) is 11.3 Å². The number of nitrogens with zero attached hydrogens (tertiary/aromatic N) is 2. The first-order valence-electron chi connectivity index (χ1n) is 6.90. The van der Waals surface area contributed by atoms with Crippen molar-refractivity contribution in [2.45, 2.75) is 12.6 Å². The second kappa shape index (κ2) is 7.77. The van der Waals surface area contributed by atoms with Gasteiger partial charge in [-0.05, 0) is 40.1 Å². The van der Waals surface area contributed by atoms with Gasteiger partial charge >= 0.3 is 6.03 Å². The number of hydrogen-bond donors (Lipinski definition) is 3.